The van der Waals surface area contributed by atoms with E-state index >= 15 is 0 Å². The Labute approximate surface area is 112 Å². The molecule has 100 valence electrons. The van der Waals surface area contributed by atoms with Gasteiger partial charge in [-0.2, -0.15) is 0 Å². The lowest BCUT2D eigenvalue weighted by molar-refractivity contribution is 0.631. The van der Waals surface area contributed by atoms with Gasteiger partial charge in [-0.05, 0) is 18.1 Å². The van der Waals surface area contributed by atoms with Crippen molar-refractivity contribution in [2.75, 3.05) is 17.7 Å². The van der Waals surface area contributed by atoms with Crippen molar-refractivity contribution in [3.05, 3.63) is 42.0 Å². The molecule has 0 aliphatic rings. The van der Waals surface area contributed by atoms with E-state index < -0.39 is 0 Å². The van der Waals surface area contributed by atoms with Gasteiger partial charge in [0.1, 0.15) is 23.8 Å². The molecule has 19 heavy (non-hydrogen) atoms. The van der Waals surface area contributed by atoms with Crippen LogP contribution < -0.4 is 10.6 Å². The molecule has 0 atom stereocenters. The monoisotopic (exact) mass is 260 g/mol. The molecule has 0 fully saturated rings. The zero-order valence-corrected chi connectivity index (χ0v) is 11.2. The molecule has 1 aromatic carbocycles. The number of nitrogens with zero attached hydrogens (tertiary/aromatic N) is 2. The van der Waals surface area contributed by atoms with Crippen molar-refractivity contribution < 1.29 is 4.39 Å². The molecule has 0 aliphatic heterocycles. The van der Waals surface area contributed by atoms with Crippen LogP contribution in [0.2, 0.25) is 0 Å². The fraction of sp³-hybridized carbons (Fsp3) is 0.286. The van der Waals surface area contributed by atoms with E-state index in [1.807, 2.05) is 13.8 Å². The van der Waals surface area contributed by atoms with Gasteiger partial charge in [-0.15, -0.1) is 0 Å². The molecule has 0 radical (unpaired) electrons. The van der Waals surface area contributed by atoms with E-state index in [4.69, 9.17) is 0 Å². The van der Waals surface area contributed by atoms with Crippen LogP contribution in [0.15, 0.2) is 30.6 Å². The molecular formula is C14H17FN4. The van der Waals surface area contributed by atoms with E-state index in [1.165, 1.54) is 12.4 Å². The average Bonchev–Trinajstić information content (AvgIpc) is 2.40. The third-order valence-electron chi connectivity index (χ3n) is 2.82. The van der Waals surface area contributed by atoms with Crippen LogP contribution in [0.25, 0.3) is 0 Å². The Balaban J connectivity index is 2.43. The Kier molecular flexibility index (Phi) is 3.94. The summed E-state index contributed by atoms with van der Waals surface area (Å²) in [4.78, 5) is 8.40. The van der Waals surface area contributed by atoms with Gasteiger partial charge in [0.25, 0.3) is 0 Å². The van der Waals surface area contributed by atoms with Crippen molar-refractivity contribution in [2.45, 2.75) is 19.8 Å². The molecule has 0 amide bonds. The Hall–Kier alpha value is -2.17. The van der Waals surface area contributed by atoms with Gasteiger partial charge in [0.15, 0.2) is 0 Å². The number of benzene rings is 1. The van der Waals surface area contributed by atoms with Crippen molar-refractivity contribution >= 4 is 17.3 Å². The second kappa shape index (κ2) is 5.65. The molecular weight excluding hydrogens is 243 g/mol. The minimum Gasteiger partial charge on any atom is -0.373 e. The van der Waals surface area contributed by atoms with Gasteiger partial charge < -0.3 is 10.6 Å². The van der Waals surface area contributed by atoms with Gasteiger partial charge in [-0.25, -0.2) is 14.4 Å². The standard InChI is InChI=1S/C14H17FN4/c1-9(2)12-13(16-3)17-8-18-14(12)19-11-7-5-4-6-10(11)15/h4-9H,1-3H3,(H2,16,17,18,19). The van der Waals surface area contributed by atoms with Crippen molar-refractivity contribution in [3.8, 4) is 0 Å². The van der Waals surface area contributed by atoms with E-state index in [0.717, 1.165) is 11.4 Å². The molecule has 0 saturated heterocycles. The first-order valence-corrected chi connectivity index (χ1v) is 6.17. The summed E-state index contributed by atoms with van der Waals surface area (Å²) < 4.78 is 13.7. The molecule has 2 rings (SSSR count). The highest BCUT2D eigenvalue weighted by Gasteiger charge is 2.15. The molecule has 2 N–H and O–H groups in total. The van der Waals surface area contributed by atoms with Gasteiger partial charge in [0.05, 0.1) is 5.69 Å². The Morgan fingerprint density at radius 1 is 1.11 bits per heavy atom. The molecule has 0 unspecified atom stereocenters. The van der Waals surface area contributed by atoms with Crippen LogP contribution in [0.3, 0.4) is 0 Å². The first kappa shape index (κ1) is 13.3. The minimum absolute atomic E-state index is 0.220. The summed E-state index contributed by atoms with van der Waals surface area (Å²) in [6, 6.07) is 6.53. The third kappa shape index (κ3) is 2.81. The van der Waals surface area contributed by atoms with E-state index in [9.17, 15) is 4.39 Å². The van der Waals surface area contributed by atoms with Crippen molar-refractivity contribution in [3.63, 3.8) is 0 Å². The molecule has 2 aromatic rings. The highest BCUT2D eigenvalue weighted by atomic mass is 19.1. The minimum atomic E-state index is -0.304. The van der Waals surface area contributed by atoms with E-state index in [0.29, 0.717) is 11.5 Å². The molecule has 4 nitrogen and oxygen atoms in total. The van der Waals surface area contributed by atoms with E-state index in [-0.39, 0.29) is 11.7 Å². The largest absolute Gasteiger partial charge is 0.373 e. The van der Waals surface area contributed by atoms with Crippen LogP contribution in [-0.4, -0.2) is 17.0 Å². The summed E-state index contributed by atoms with van der Waals surface area (Å²) in [7, 11) is 1.81. The summed E-state index contributed by atoms with van der Waals surface area (Å²) in [5.41, 5.74) is 1.35. The fourth-order valence-electron chi connectivity index (χ4n) is 1.93. The Morgan fingerprint density at radius 2 is 1.79 bits per heavy atom. The first-order chi connectivity index (χ1) is 9.13. The second-order valence-electron chi connectivity index (χ2n) is 4.49. The van der Waals surface area contributed by atoms with E-state index in [2.05, 4.69) is 20.6 Å². The van der Waals surface area contributed by atoms with Crippen molar-refractivity contribution in [2.24, 2.45) is 0 Å². The lowest BCUT2D eigenvalue weighted by Gasteiger charge is -2.16. The lowest BCUT2D eigenvalue weighted by atomic mass is 10.0. The van der Waals surface area contributed by atoms with Gasteiger partial charge in [-0.3, -0.25) is 0 Å². The maximum atomic E-state index is 13.7. The lowest BCUT2D eigenvalue weighted by Crippen LogP contribution is -2.07. The quantitative estimate of drug-likeness (QED) is 0.883. The number of para-hydroxylation sites is 1. The van der Waals surface area contributed by atoms with Gasteiger partial charge in [0, 0.05) is 12.6 Å². The Morgan fingerprint density at radius 3 is 2.42 bits per heavy atom. The van der Waals surface area contributed by atoms with Crippen LogP contribution in [-0.2, 0) is 0 Å². The fourth-order valence-corrected chi connectivity index (χ4v) is 1.93. The van der Waals surface area contributed by atoms with E-state index in [1.54, 1.807) is 25.2 Å². The smallest absolute Gasteiger partial charge is 0.146 e. The summed E-state index contributed by atoms with van der Waals surface area (Å²) in [6.07, 6.45) is 1.46. The zero-order chi connectivity index (χ0) is 13.8. The summed E-state index contributed by atoms with van der Waals surface area (Å²) in [5, 5.41) is 6.06. The summed E-state index contributed by atoms with van der Waals surface area (Å²) >= 11 is 0. The highest BCUT2D eigenvalue weighted by molar-refractivity contribution is 5.65. The normalized spacial score (nSPS) is 10.6. The number of rotatable bonds is 4. The van der Waals surface area contributed by atoms with Crippen LogP contribution in [0, 0.1) is 5.82 Å². The Bertz CT molecular complexity index is 569. The predicted octanol–water partition coefficient (Wildman–Crippen LogP) is 3.52. The molecule has 0 aliphatic carbocycles. The summed E-state index contributed by atoms with van der Waals surface area (Å²) in [5.74, 6) is 1.29. The zero-order valence-electron chi connectivity index (χ0n) is 11.2. The van der Waals surface area contributed by atoms with Crippen LogP contribution in [0.1, 0.15) is 25.3 Å². The molecule has 5 heteroatoms. The number of anilines is 3. The maximum Gasteiger partial charge on any atom is 0.146 e. The molecule has 0 spiro atoms. The van der Waals surface area contributed by atoms with Gasteiger partial charge >= 0.3 is 0 Å². The third-order valence-corrected chi connectivity index (χ3v) is 2.82. The van der Waals surface area contributed by atoms with Crippen LogP contribution in [0.5, 0.6) is 0 Å². The van der Waals surface area contributed by atoms with Crippen LogP contribution in [0.4, 0.5) is 21.7 Å². The highest BCUT2D eigenvalue weighted by Crippen LogP contribution is 2.30. The molecule has 0 bridgehead atoms. The predicted molar refractivity (Wildman–Crippen MR) is 75.4 cm³/mol. The SMILES string of the molecule is CNc1ncnc(Nc2ccccc2F)c1C(C)C. The van der Waals surface area contributed by atoms with Gasteiger partial charge in [-0.1, -0.05) is 26.0 Å². The number of aromatic nitrogens is 2. The number of halogens is 1. The maximum absolute atomic E-state index is 13.7. The number of nitrogens with one attached hydrogen (secondary N) is 2. The molecule has 1 heterocycles. The average molecular weight is 260 g/mol. The molecule has 1 aromatic heterocycles. The molecule has 0 saturated carbocycles. The first-order valence-electron chi connectivity index (χ1n) is 6.17. The number of hydrogen-bond donors (Lipinski definition) is 2. The number of hydrogen-bond acceptors (Lipinski definition) is 4. The van der Waals surface area contributed by atoms with Crippen molar-refractivity contribution in [1.29, 1.82) is 0 Å². The second-order valence-corrected chi connectivity index (χ2v) is 4.49. The summed E-state index contributed by atoms with van der Waals surface area (Å²) in [6.45, 7) is 4.10. The van der Waals surface area contributed by atoms with Crippen molar-refractivity contribution in [1.82, 2.24) is 9.97 Å². The van der Waals surface area contributed by atoms with Gasteiger partial charge in [0.2, 0.25) is 0 Å². The van der Waals surface area contributed by atoms with Crippen LogP contribution >= 0.6 is 0 Å². The topological polar surface area (TPSA) is 49.8 Å².